The van der Waals surface area contributed by atoms with Crippen molar-refractivity contribution in [1.29, 1.82) is 0 Å². The smallest absolute Gasteiger partial charge is 0.194 e. The van der Waals surface area contributed by atoms with Crippen molar-refractivity contribution in [2.24, 2.45) is 0 Å². The second-order valence-corrected chi connectivity index (χ2v) is 7.38. The molecule has 0 aliphatic carbocycles. The summed E-state index contributed by atoms with van der Waals surface area (Å²) < 4.78 is 14.5. The van der Waals surface area contributed by atoms with Crippen LogP contribution in [0, 0.1) is 47.4 Å². The minimum Gasteiger partial charge on any atom is -0.289 e. The molecule has 0 unspecified atom stereocenters. The maximum absolute atomic E-state index is 14.5. The molecule has 3 aromatic carbocycles. The Bertz CT molecular complexity index is 890. The van der Waals surface area contributed by atoms with Crippen LogP contribution in [0.3, 0.4) is 0 Å². The van der Waals surface area contributed by atoms with Crippen LogP contribution in [0.4, 0.5) is 4.39 Å². The van der Waals surface area contributed by atoms with Crippen molar-refractivity contribution in [2.45, 2.75) is 41.5 Å². The first-order valence-electron chi connectivity index (χ1n) is 8.86. The number of aryl methyl sites for hydroxylation is 6. The van der Waals surface area contributed by atoms with Gasteiger partial charge in [-0.05, 0) is 87.1 Å². The third-order valence-electron chi connectivity index (χ3n) is 4.95. The van der Waals surface area contributed by atoms with Crippen LogP contribution in [0.1, 0.15) is 33.4 Å². The normalized spacial score (nSPS) is 11.0. The summed E-state index contributed by atoms with van der Waals surface area (Å²) in [5.41, 5.74) is 8.80. The van der Waals surface area contributed by atoms with Gasteiger partial charge in [-0.1, -0.05) is 35.4 Å². The van der Waals surface area contributed by atoms with E-state index in [0.717, 1.165) is 44.5 Å². The van der Waals surface area contributed by atoms with Crippen LogP contribution >= 0.6 is 0 Å². The standard InChI is InChI=1S/C24H24FO/c1-13-7-15(3)22(16(4)8-13)20-11-19(25)12-21(24(20)26)23-17(5)9-14(2)10-18(23)6/h7-12H,1-6H3. The van der Waals surface area contributed by atoms with Crippen molar-refractivity contribution < 1.29 is 9.50 Å². The molecule has 0 aromatic heterocycles. The maximum atomic E-state index is 14.5. The van der Waals surface area contributed by atoms with Gasteiger partial charge in [0, 0.05) is 11.1 Å². The van der Waals surface area contributed by atoms with Crippen molar-refractivity contribution in [3.63, 3.8) is 0 Å². The lowest BCUT2D eigenvalue weighted by molar-refractivity contribution is 0.357. The summed E-state index contributed by atoms with van der Waals surface area (Å²) in [5.74, 6) is -0.496. The third-order valence-corrected chi connectivity index (χ3v) is 4.95. The molecule has 0 fully saturated rings. The summed E-state index contributed by atoms with van der Waals surface area (Å²) in [6, 6.07) is 10.9. The molecule has 0 amide bonds. The van der Waals surface area contributed by atoms with Crippen molar-refractivity contribution >= 4 is 0 Å². The molecule has 0 spiro atoms. The molecular formula is C24H24FO. The van der Waals surface area contributed by atoms with E-state index in [1.54, 1.807) is 0 Å². The molecular weight excluding hydrogens is 323 g/mol. The van der Waals surface area contributed by atoms with Crippen LogP contribution in [0.25, 0.3) is 22.3 Å². The molecule has 1 radical (unpaired) electrons. The molecule has 1 nitrogen and oxygen atoms in total. The Hall–Kier alpha value is -2.61. The molecule has 0 N–H and O–H groups in total. The minimum absolute atomic E-state index is 0.114. The highest BCUT2D eigenvalue weighted by molar-refractivity contribution is 5.86. The van der Waals surface area contributed by atoms with Crippen LogP contribution in [0.5, 0.6) is 5.75 Å². The predicted molar refractivity (Wildman–Crippen MR) is 106 cm³/mol. The van der Waals surface area contributed by atoms with Gasteiger partial charge in [0.15, 0.2) is 5.75 Å². The Morgan fingerprint density at radius 3 is 1.19 bits per heavy atom. The van der Waals surface area contributed by atoms with Gasteiger partial charge in [-0.2, -0.15) is 0 Å². The molecule has 26 heavy (non-hydrogen) atoms. The van der Waals surface area contributed by atoms with Gasteiger partial charge in [0.25, 0.3) is 0 Å². The van der Waals surface area contributed by atoms with Gasteiger partial charge >= 0.3 is 0 Å². The van der Waals surface area contributed by atoms with Gasteiger partial charge in [0.05, 0.1) is 0 Å². The van der Waals surface area contributed by atoms with Gasteiger partial charge in [-0.25, -0.2) is 4.39 Å². The Morgan fingerprint density at radius 2 is 0.885 bits per heavy atom. The third kappa shape index (κ3) is 3.12. The van der Waals surface area contributed by atoms with E-state index in [4.69, 9.17) is 0 Å². The SMILES string of the molecule is Cc1cc(C)c(-c2cc(F)cc(-c3c(C)cc(C)cc3C)c2[O])c(C)c1. The van der Waals surface area contributed by atoms with Crippen LogP contribution in [0.15, 0.2) is 36.4 Å². The molecule has 133 valence electrons. The molecule has 0 atom stereocenters. The lowest BCUT2D eigenvalue weighted by Gasteiger charge is -2.17. The van der Waals surface area contributed by atoms with Crippen molar-refractivity contribution in [2.75, 3.05) is 0 Å². The summed E-state index contributed by atoms with van der Waals surface area (Å²) in [7, 11) is 0. The first-order chi connectivity index (χ1) is 12.2. The van der Waals surface area contributed by atoms with Gasteiger partial charge < -0.3 is 0 Å². The molecule has 0 saturated carbocycles. The largest absolute Gasteiger partial charge is 0.289 e. The van der Waals surface area contributed by atoms with Crippen LogP contribution < -0.4 is 0 Å². The molecule has 0 aliphatic heterocycles. The quantitative estimate of drug-likeness (QED) is 0.469. The summed E-state index contributed by atoms with van der Waals surface area (Å²) in [6.07, 6.45) is 0. The van der Waals surface area contributed by atoms with Crippen LogP contribution in [-0.4, -0.2) is 0 Å². The highest BCUT2D eigenvalue weighted by atomic mass is 19.1. The van der Waals surface area contributed by atoms with Crippen molar-refractivity contribution in [3.05, 3.63) is 75.6 Å². The maximum Gasteiger partial charge on any atom is 0.194 e. The summed E-state index contributed by atoms with van der Waals surface area (Å²) >= 11 is 0. The van der Waals surface area contributed by atoms with Gasteiger partial charge in [0.1, 0.15) is 5.82 Å². The van der Waals surface area contributed by atoms with Crippen molar-refractivity contribution in [3.8, 4) is 28.0 Å². The van der Waals surface area contributed by atoms with E-state index in [2.05, 4.69) is 0 Å². The lowest BCUT2D eigenvalue weighted by Crippen LogP contribution is -1.95. The molecule has 2 heteroatoms. The summed E-state index contributed by atoms with van der Waals surface area (Å²) in [6.45, 7) is 11.9. The first-order valence-corrected chi connectivity index (χ1v) is 8.86. The molecule has 3 rings (SSSR count). The van der Waals surface area contributed by atoms with Crippen molar-refractivity contribution in [1.82, 2.24) is 0 Å². The molecule has 0 aliphatic rings. The van der Waals surface area contributed by atoms with E-state index in [1.807, 2.05) is 65.8 Å². The average Bonchev–Trinajstić information content (AvgIpc) is 2.49. The monoisotopic (exact) mass is 347 g/mol. The topological polar surface area (TPSA) is 19.9 Å². The fraction of sp³-hybridized carbons (Fsp3) is 0.250. The Kier molecular flexibility index (Phi) is 4.62. The molecule has 0 heterocycles. The van der Waals surface area contributed by atoms with E-state index in [9.17, 15) is 9.50 Å². The highest BCUT2D eigenvalue weighted by Gasteiger charge is 2.20. The number of halogens is 1. The zero-order valence-corrected chi connectivity index (χ0v) is 16.3. The zero-order chi connectivity index (χ0) is 19.2. The Balaban J connectivity index is 2.34. The molecule has 0 bridgehead atoms. The van der Waals surface area contributed by atoms with E-state index in [0.29, 0.717) is 11.1 Å². The van der Waals surface area contributed by atoms with Gasteiger partial charge in [0.2, 0.25) is 0 Å². The second-order valence-electron chi connectivity index (χ2n) is 7.38. The van der Waals surface area contributed by atoms with Crippen LogP contribution in [0.2, 0.25) is 0 Å². The number of rotatable bonds is 2. The summed E-state index contributed by atoms with van der Waals surface area (Å²) in [4.78, 5) is 0. The first kappa shape index (κ1) is 18.2. The molecule has 3 aromatic rings. The van der Waals surface area contributed by atoms with E-state index in [1.165, 1.54) is 12.1 Å². The highest BCUT2D eigenvalue weighted by Crippen LogP contribution is 2.44. The number of hydrogen-bond acceptors (Lipinski definition) is 0. The van der Waals surface area contributed by atoms with Gasteiger partial charge in [-0.15, -0.1) is 0 Å². The Morgan fingerprint density at radius 1 is 0.577 bits per heavy atom. The minimum atomic E-state index is -0.381. The van der Waals surface area contributed by atoms with Crippen LogP contribution in [-0.2, 0) is 5.11 Å². The zero-order valence-electron chi connectivity index (χ0n) is 16.3. The van der Waals surface area contributed by atoms with E-state index < -0.39 is 0 Å². The fourth-order valence-corrected chi connectivity index (χ4v) is 4.17. The Labute approximate surface area is 155 Å². The second kappa shape index (κ2) is 6.60. The fourth-order valence-electron chi connectivity index (χ4n) is 4.17. The van der Waals surface area contributed by atoms with E-state index >= 15 is 0 Å². The molecule has 0 saturated heterocycles. The van der Waals surface area contributed by atoms with Gasteiger partial charge in [-0.3, -0.25) is 5.11 Å². The number of hydrogen-bond donors (Lipinski definition) is 0. The number of benzene rings is 3. The summed E-state index contributed by atoms with van der Waals surface area (Å²) in [5, 5.41) is 13.3. The van der Waals surface area contributed by atoms with E-state index in [-0.39, 0.29) is 11.6 Å². The lowest BCUT2D eigenvalue weighted by atomic mass is 9.88. The predicted octanol–water partition coefficient (Wildman–Crippen LogP) is 7.15. The average molecular weight is 347 g/mol.